The molecule has 0 spiro atoms. The van der Waals surface area contributed by atoms with Gasteiger partial charge in [-0.1, -0.05) is 31.8 Å². The summed E-state index contributed by atoms with van der Waals surface area (Å²) in [5, 5.41) is 11.8. The number of nitrogens with zero attached hydrogens (tertiary/aromatic N) is 2. The van der Waals surface area contributed by atoms with Crippen LogP contribution in [0.5, 0.6) is 0 Å². The van der Waals surface area contributed by atoms with Gasteiger partial charge >= 0.3 is 0 Å². The molecule has 18 heavy (non-hydrogen) atoms. The van der Waals surface area contributed by atoms with E-state index in [4.69, 9.17) is 10.9 Å². The van der Waals surface area contributed by atoms with Gasteiger partial charge in [0, 0.05) is 12.6 Å². The van der Waals surface area contributed by atoms with Gasteiger partial charge in [0.1, 0.15) is 0 Å². The van der Waals surface area contributed by atoms with Gasteiger partial charge in [-0.05, 0) is 25.7 Å². The molecule has 5 heteroatoms. The molecule has 1 fully saturated rings. The summed E-state index contributed by atoms with van der Waals surface area (Å²) < 4.78 is 0. The molecule has 0 radical (unpaired) electrons. The number of nitrogens with two attached hydrogens (primary N) is 1. The number of amidine groups is 1. The lowest BCUT2D eigenvalue weighted by Crippen LogP contribution is -2.46. The van der Waals surface area contributed by atoms with Gasteiger partial charge in [-0.2, -0.15) is 0 Å². The van der Waals surface area contributed by atoms with Crippen LogP contribution in [0.1, 0.15) is 52.4 Å². The first kappa shape index (κ1) is 14.8. The molecule has 1 saturated heterocycles. The molecule has 0 aromatic heterocycles. The smallest absolute Gasteiger partial charge is 0.233 e. The van der Waals surface area contributed by atoms with Gasteiger partial charge in [0.25, 0.3) is 0 Å². The lowest BCUT2D eigenvalue weighted by Gasteiger charge is -2.32. The standard InChI is InChI=1S/C13H25N3O2/c1-3-10-8-6-5-7-9-16(10)13(17)11(4-2)12(14)15-18/h10-11,18H,3-9H2,1-2H3,(H2,14,15). The summed E-state index contributed by atoms with van der Waals surface area (Å²) in [7, 11) is 0. The van der Waals surface area contributed by atoms with E-state index in [1.807, 2.05) is 11.8 Å². The van der Waals surface area contributed by atoms with Crippen LogP contribution in [0.15, 0.2) is 5.16 Å². The Morgan fingerprint density at radius 2 is 2.17 bits per heavy atom. The van der Waals surface area contributed by atoms with Crippen molar-refractivity contribution >= 4 is 11.7 Å². The number of oxime groups is 1. The highest BCUT2D eigenvalue weighted by Crippen LogP contribution is 2.22. The number of hydrogen-bond donors (Lipinski definition) is 2. The quantitative estimate of drug-likeness (QED) is 0.349. The summed E-state index contributed by atoms with van der Waals surface area (Å²) in [4.78, 5) is 14.4. The van der Waals surface area contributed by atoms with E-state index in [0.29, 0.717) is 12.5 Å². The average Bonchev–Trinajstić information content (AvgIpc) is 2.63. The lowest BCUT2D eigenvalue weighted by molar-refractivity contribution is -0.135. The van der Waals surface area contributed by atoms with Crippen LogP contribution in [0.3, 0.4) is 0 Å². The summed E-state index contributed by atoms with van der Waals surface area (Å²) in [6.45, 7) is 4.80. The minimum absolute atomic E-state index is 0.0153. The Bertz CT molecular complexity index is 305. The molecule has 0 aromatic carbocycles. The third-order valence-corrected chi connectivity index (χ3v) is 3.81. The Morgan fingerprint density at radius 1 is 1.44 bits per heavy atom. The first-order chi connectivity index (χ1) is 8.65. The van der Waals surface area contributed by atoms with E-state index in [1.165, 1.54) is 12.8 Å². The molecule has 1 aliphatic rings. The molecule has 3 N–H and O–H groups in total. The van der Waals surface area contributed by atoms with Gasteiger partial charge in [0.15, 0.2) is 5.84 Å². The first-order valence-electron chi connectivity index (χ1n) is 6.93. The number of hydrogen-bond acceptors (Lipinski definition) is 3. The third-order valence-electron chi connectivity index (χ3n) is 3.81. The molecule has 1 heterocycles. The van der Waals surface area contributed by atoms with Crippen molar-refractivity contribution in [2.24, 2.45) is 16.8 Å². The van der Waals surface area contributed by atoms with Gasteiger partial charge in [-0.3, -0.25) is 4.79 Å². The summed E-state index contributed by atoms with van der Waals surface area (Å²) in [5.74, 6) is -0.440. The monoisotopic (exact) mass is 255 g/mol. The highest BCUT2D eigenvalue weighted by atomic mass is 16.4. The lowest BCUT2D eigenvalue weighted by atomic mass is 10.0. The Hall–Kier alpha value is -1.26. The van der Waals surface area contributed by atoms with Crippen LogP contribution in [-0.4, -0.2) is 34.4 Å². The molecule has 2 atom stereocenters. The minimum Gasteiger partial charge on any atom is -0.409 e. The number of rotatable bonds is 4. The van der Waals surface area contributed by atoms with Crippen molar-refractivity contribution in [2.45, 2.75) is 58.4 Å². The topological polar surface area (TPSA) is 78.9 Å². The van der Waals surface area contributed by atoms with Gasteiger partial charge in [0.2, 0.25) is 5.91 Å². The molecular weight excluding hydrogens is 230 g/mol. The Morgan fingerprint density at radius 3 is 2.72 bits per heavy atom. The molecule has 1 aliphatic heterocycles. The van der Waals surface area contributed by atoms with E-state index in [9.17, 15) is 4.79 Å². The molecule has 0 aromatic rings. The number of likely N-dealkylation sites (tertiary alicyclic amines) is 1. The second-order valence-electron chi connectivity index (χ2n) is 4.93. The van der Waals surface area contributed by atoms with E-state index in [0.717, 1.165) is 25.8 Å². The maximum absolute atomic E-state index is 12.5. The van der Waals surface area contributed by atoms with Crippen LogP contribution >= 0.6 is 0 Å². The number of carbonyl (C=O) groups excluding carboxylic acids is 1. The van der Waals surface area contributed by atoms with E-state index in [-0.39, 0.29) is 11.7 Å². The number of amides is 1. The Labute approximate surface area is 109 Å². The molecule has 0 bridgehead atoms. The predicted molar refractivity (Wildman–Crippen MR) is 71.4 cm³/mol. The van der Waals surface area contributed by atoms with Crippen molar-refractivity contribution in [1.29, 1.82) is 0 Å². The summed E-state index contributed by atoms with van der Waals surface area (Å²) >= 11 is 0. The van der Waals surface area contributed by atoms with E-state index < -0.39 is 5.92 Å². The van der Waals surface area contributed by atoms with Crippen LogP contribution in [-0.2, 0) is 4.79 Å². The number of carbonyl (C=O) groups is 1. The van der Waals surface area contributed by atoms with Crippen molar-refractivity contribution in [3.63, 3.8) is 0 Å². The van der Waals surface area contributed by atoms with Gasteiger partial charge in [-0.25, -0.2) is 0 Å². The molecule has 2 unspecified atom stereocenters. The van der Waals surface area contributed by atoms with Gasteiger partial charge in [0.05, 0.1) is 5.92 Å². The van der Waals surface area contributed by atoms with Gasteiger partial charge in [-0.15, -0.1) is 0 Å². The fourth-order valence-electron chi connectivity index (χ4n) is 2.67. The zero-order valence-electron chi connectivity index (χ0n) is 11.4. The molecular formula is C13H25N3O2. The second kappa shape index (κ2) is 7.24. The normalized spacial score (nSPS) is 23.6. The minimum atomic E-state index is -0.484. The summed E-state index contributed by atoms with van der Waals surface area (Å²) in [5.41, 5.74) is 5.61. The van der Waals surface area contributed by atoms with Crippen LogP contribution < -0.4 is 5.73 Å². The zero-order valence-corrected chi connectivity index (χ0v) is 11.4. The first-order valence-corrected chi connectivity index (χ1v) is 6.93. The summed E-state index contributed by atoms with van der Waals surface area (Å²) in [6, 6.07) is 0.306. The SMILES string of the molecule is CCC(C(=O)N1CCCCCC1CC)C(N)=NO. The predicted octanol–water partition coefficient (Wildman–Crippen LogP) is 1.94. The highest BCUT2D eigenvalue weighted by molar-refractivity contribution is 6.02. The van der Waals surface area contributed by atoms with Crippen LogP contribution in [0, 0.1) is 5.92 Å². The van der Waals surface area contributed by atoms with Crippen molar-refractivity contribution in [2.75, 3.05) is 6.54 Å². The average molecular weight is 255 g/mol. The Kier molecular flexibility index (Phi) is 5.95. The van der Waals surface area contributed by atoms with Crippen molar-refractivity contribution < 1.29 is 10.0 Å². The third kappa shape index (κ3) is 3.37. The van der Waals surface area contributed by atoms with Crippen LogP contribution in [0.4, 0.5) is 0 Å². The fourth-order valence-corrected chi connectivity index (χ4v) is 2.67. The van der Waals surface area contributed by atoms with Crippen LogP contribution in [0.2, 0.25) is 0 Å². The molecule has 0 aliphatic carbocycles. The van der Waals surface area contributed by atoms with E-state index in [2.05, 4.69) is 12.1 Å². The second-order valence-corrected chi connectivity index (χ2v) is 4.93. The fraction of sp³-hybridized carbons (Fsp3) is 0.846. The zero-order chi connectivity index (χ0) is 13.5. The maximum Gasteiger partial charge on any atom is 0.233 e. The molecule has 0 saturated carbocycles. The molecule has 1 rings (SSSR count). The highest BCUT2D eigenvalue weighted by Gasteiger charge is 2.31. The molecule has 5 nitrogen and oxygen atoms in total. The van der Waals surface area contributed by atoms with Crippen molar-refractivity contribution in [1.82, 2.24) is 4.90 Å². The largest absolute Gasteiger partial charge is 0.409 e. The van der Waals surface area contributed by atoms with Crippen LogP contribution in [0.25, 0.3) is 0 Å². The van der Waals surface area contributed by atoms with E-state index in [1.54, 1.807) is 0 Å². The summed E-state index contributed by atoms with van der Waals surface area (Å²) in [6.07, 6.45) is 6.02. The van der Waals surface area contributed by atoms with Crippen molar-refractivity contribution in [3.8, 4) is 0 Å². The molecule has 1 amide bonds. The maximum atomic E-state index is 12.5. The van der Waals surface area contributed by atoms with Gasteiger partial charge < -0.3 is 15.8 Å². The molecule has 104 valence electrons. The van der Waals surface area contributed by atoms with Crippen molar-refractivity contribution in [3.05, 3.63) is 0 Å². The Balaban J connectivity index is 2.83. The van der Waals surface area contributed by atoms with E-state index >= 15 is 0 Å².